The minimum absolute atomic E-state index is 0. The molecule has 1 aliphatic heterocycles. The fourth-order valence-corrected chi connectivity index (χ4v) is 2.78. The Balaban J connectivity index is 0.00000225. The predicted octanol–water partition coefficient (Wildman–Crippen LogP) is 2.61. The average Bonchev–Trinajstić information content (AvgIpc) is 3.03. The Bertz CT molecular complexity index is 669. The number of hydrogen-bond donors (Lipinski definition) is 1. The standard InChI is InChI=1S/C17H23N5O2.HI/c1-13-20-16(21-24-13)12-19-17(18-2)22-10-8-15(9-11-22)23-14-6-4-3-5-7-14;/h3-7,15H,8-12H2,1-2H3,(H,18,19);1H. The number of likely N-dealkylation sites (tertiary alicyclic amines) is 1. The van der Waals surface area contributed by atoms with E-state index in [4.69, 9.17) is 9.26 Å². The van der Waals surface area contributed by atoms with Gasteiger partial charge >= 0.3 is 0 Å². The number of piperidine rings is 1. The van der Waals surface area contributed by atoms with Gasteiger partial charge in [0.2, 0.25) is 5.89 Å². The molecular formula is C17H24IN5O2. The molecule has 0 atom stereocenters. The van der Waals surface area contributed by atoms with Crippen LogP contribution in [0.2, 0.25) is 0 Å². The molecule has 1 aliphatic rings. The summed E-state index contributed by atoms with van der Waals surface area (Å²) in [5, 5.41) is 7.17. The summed E-state index contributed by atoms with van der Waals surface area (Å²) in [7, 11) is 1.79. The monoisotopic (exact) mass is 457 g/mol. The molecular weight excluding hydrogens is 433 g/mol. The zero-order chi connectivity index (χ0) is 16.8. The Kier molecular flexibility index (Phi) is 7.48. The highest BCUT2D eigenvalue weighted by molar-refractivity contribution is 14.0. The van der Waals surface area contributed by atoms with Crippen molar-refractivity contribution in [1.29, 1.82) is 0 Å². The van der Waals surface area contributed by atoms with Crippen molar-refractivity contribution >= 4 is 29.9 Å². The predicted molar refractivity (Wildman–Crippen MR) is 106 cm³/mol. The van der Waals surface area contributed by atoms with Crippen LogP contribution in [0.3, 0.4) is 0 Å². The van der Waals surface area contributed by atoms with Gasteiger partial charge in [0.05, 0.1) is 6.54 Å². The lowest BCUT2D eigenvalue weighted by Crippen LogP contribution is -2.47. The molecule has 136 valence electrons. The molecule has 1 saturated heterocycles. The number of aliphatic imine (C=N–C) groups is 1. The number of ether oxygens (including phenoxy) is 1. The van der Waals surface area contributed by atoms with Crippen LogP contribution >= 0.6 is 24.0 Å². The van der Waals surface area contributed by atoms with E-state index in [1.165, 1.54) is 0 Å². The molecule has 0 saturated carbocycles. The van der Waals surface area contributed by atoms with E-state index in [1.807, 2.05) is 30.3 Å². The van der Waals surface area contributed by atoms with Gasteiger partial charge in [-0.2, -0.15) is 4.98 Å². The minimum atomic E-state index is 0. The first kappa shape index (κ1) is 19.5. The number of nitrogens with one attached hydrogen (secondary N) is 1. The molecule has 0 unspecified atom stereocenters. The SMILES string of the molecule is CN=C(NCc1noc(C)n1)N1CCC(Oc2ccccc2)CC1.I. The smallest absolute Gasteiger partial charge is 0.223 e. The van der Waals surface area contributed by atoms with Crippen LogP contribution in [0.1, 0.15) is 24.6 Å². The van der Waals surface area contributed by atoms with Crippen LogP contribution in [0.25, 0.3) is 0 Å². The van der Waals surface area contributed by atoms with Gasteiger partial charge in [0, 0.05) is 39.9 Å². The maximum absolute atomic E-state index is 6.03. The van der Waals surface area contributed by atoms with Crippen LogP contribution in [0.4, 0.5) is 0 Å². The number of guanidine groups is 1. The topological polar surface area (TPSA) is 75.8 Å². The third kappa shape index (κ3) is 5.58. The van der Waals surface area contributed by atoms with Gasteiger partial charge < -0.3 is 19.5 Å². The lowest BCUT2D eigenvalue weighted by molar-refractivity contribution is 0.129. The van der Waals surface area contributed by atoms with E-state index >= 15 is 0 Å². The number of para-hydroxylation sites is 1. The lowest BCUT2D eigenvalue weighted by atomic mass is 10.1. The molecule has 1 aromatic heterocycles. The van der Waals surface area contributed by atoms with Crippen molar-refractivity contribution in [2.24, 2.45) is 4.99 Å². The fourth-order valence-electron chi connectivity index (χ4n) is 2.78. The fraction of sp³-hybridized carbons (Fsp3) is 0.471. The van der Waals surface area contributed by atoms with Crippen molar-refractivity contribution in [3.8, 4) is 5.75 Å². The first-order valence-corrected chi connectivity index (χ1v) is 8.21. The molecule has 0 bridgehead atoms. The summed E-state index contributed by atoms with van der Waals surface area (Å²) in [5.41, 5.74) is 0. The van der Waals surface area contributed by atoms with Gasteiger partial charge in [-0.1, -0.05) is 23.4 Å². The van der Waals surface area contributed by atoms with Gasteiger partial charge in [0.25, 0.3) is 0 Å². The van der Waals surface area contributed by atoms with E-state index in [0.717, 1.165) is 37.6 Å². The number of benzene rings is 1. The molecule has 1 fully saturated rings. The van der Waals surface area contributed by atoms with Gasteiger partial charge in [-0.05, 0) is 12.1 Å². The Morgan fingerprint density at radius 3 is 2.64 bits per heavy atom. The lowest BCUT2D eigenvalue weighted by Gasteiger charge is -2.34. The number of aryl methyl sites for hydroxylation is 1. The number of halogens is 1. The van der Waals surface area contributed by atoms with Crippen molar-refractivity contribution in [1.82, 2.24) is 20.4 Å². The van der Waals surface area contributed by atoms with Crippen molar-refractivity contribution in [3.63, 3.8) is 0 Å². The molecule has 25 heavy (non-hydrogen) atoms. The first-order valence-electron chi connectivity index (χ1n) is 8.21. The van der Waals surface area contributed by atoms with Crippen molar-refractivity contribution in [2.45, 2.75) is 32.4 Å². The van der Waals surface area contributed by atoms with Gasteiger partial charge in [-0.15, -0.1) is 24.0 Å². The Morgan fingerprint density at radius 2 is 2.04 bits per heavy atom. The molecule has 2 heterocycles. The second-order valence-electron chi connectivity index (χ2n) is 5.75. The van der Waals surface area contributed by atoms with Crippen LogP contribution in [0, 0.1) is 6.92 Å². The zero-order valence-electron chi connectivity index (χ0n) is 14.5. The highest BCUT2D eigenvalue weighted by atomic mass is 127. The maximum atomic E-state index is 6.03. The summed E-state index contributed by atoms with van der Waals surface area (Å²) in [6, 6.07) is 9.99. The second kappa shape index (κ2) is 9.59. The highest BCUT2D eigenvalue weighted by Crippen LogP contribution is 2.18. The van der Waals surface area contributed by atoms with Crippen LogP contribution < -0.4 is 10.1 Å². The third-order valence-electron chi connectivity index (χ3n) is 3.97. The largest absolute Gasteiger partial charge is 0.490 e. The summed E-state index contributed by atoms with van der Waals surface area (Å²) in [6.45, 7) is 4.10. The third-order valence-corrected chi connectivity index (χ3v) is 3.97. The summed E-state index contributed by atoms with van der Waals surface area (Å²) < 4.78 is 11.0. The first-order chi connectivity index (χ1) is 11.7. The molecule has 0 spiro atoms. The number of nitrogens with zero attached hydrogens (tertiary/aromatic N) is 4. The molecule has 2 aromatic rings. The Hall–Kier alpha value is -1.84. The second-order valence-corrected chi connectivity index (χ2v) is 5.75. The van der Waals surface area contributed by atoms with Gasteiger partial charge in [0.1, 0.15) is 11.9 Å². The molecule has 0 amide bonds. The highest BCUT2D eigenvalue weighted by Gasteiger charge is 2.22. The maximum Gasteiger partial charge on any atom is 0.223 e. The van der Waals surface area contributed by atoms with Crippen LogP contribution in [-0.2, 0) is 6.54 Å². The van der Waals surface area contributed by atoms with Crippen LogP contribution in [0.15, 0.2) is 39.8 Å². The molecule has 7 nitrogen and oxygen atoms in total. The molecule has 1 aromatic carbocycles. The Labute approximate surface area is 164 Å². The number of aromatic nitrogens is 2. The summed E-state index contributed by atoms with van der Waals surface area (Å²) in [4.78, 5) is 10.8. The van der Waals surface area contributed by atoms with Gasteiger partial charge in [0.15, 0.2) is 11.8 Å². The summed E-state index contributed by atoms with van der Waals surface area (Å²) in [5.74, 6) is 3.00. The van der Waals surface area contributed by atoms with Gasteiger partial charge in [-0.3, -0.25) is 4.99 Å². The quantitative estimate of drug-likeness (QED) is 0.432. The molecule has 0 radical (unpaired) electrons. The van der Waals surface area contributed by atoms with E-state index in [9.17, 15) is 0 Å². The molecule has 0 aliphatic carbocycles. The molecule has 1 N–H and O–H groups in total. The molecule has 3 rings (SSSR count). The van der Waals surface area contributed by atoms with E-state index < -0.39 is 0 Å². The molecule has 8 heteroatoms. The van der Waals surface area contributed by atoms with E-state index in [0.29, 0.717) is 18.3 Å². The normalized spacial score (nSPS) is 15.6. The van der Waals surface area contributed by atoms with Crippen molar-refractivity contribution < 1.29 is 9.26 Å². The van der Waals surface area contributed by atoms with Crippen LogP contribution in [-0.4, -0.2) is 47.2 Å². The van der Waals surface area contributed by atoms with E-state index in [2.05, 4.69) is 25.3 Å². The summed E-state index contributed by atoms with van der Waals surface area (Å²) in [6.07, 6.45) is 2.19. The number of hydrogen-bond acceptors (Lipinski definition) is 5. The average molecular weight is 457 g/mol. The minimum Gasteiger partial charge on any atom is -0.490 e. The Morgan fingerprint density at radius 1 is 1.32 bits per heavy atom. The van der Waals surface area contributed by atoms with Crippen LogP contribution in [0.5, 0.6) is 5.75 Å². The van der Waals surface area contributed by atoms with E-state index in [1.54, 1.807) is 14.0 Å². The number of rotatable bonds is 4. The van der Waals surface area contributed by atoms with Crippen molar-refractivity contribution in [2.75, 3.05) is 20.1 Å². The summed E-state index contributed by atoms with van der Waals surface area (Å²) >= 11 is 0. The van der Waals surface area contributed by atoms with Gasteiger partial charge in [-0.25, -0.2) is 0 Å². The van der Waals surface area contributed by atoms with E-state index in [-0.39, 0.29) is 30.1 Å². The van der Waals surface area contributed by atoms with Crippen molar-refractivity contribution in [3.05, 3.63) is 42.0 Å². The zero-order valence-corrected chi connectivity index (χ0v) is 16.8.